The Bertz CT molecular complexity index is 788. The molecule has 28 heavy (non-hydrogen) atoms. The number of hydrogen-bond acceptors (Lipinski definition) is 6. The zero-order chi connectivity index (χ0) is 20.1. The summed E-state index contributed by atoms with van der Waals surface area (Å²) in [6.07, 6.45) is 2.26. The second-order valence-electron chi connectivity index (χ2n) is 8.38. The molecule has 1 aromatic heterocycles. The Morgan fingerprint density at radius 1 is 1.18 bits per heavy atom. The van der Waals surface area contributed by atoms with Crippen LogP contribution in [-0.2, 0) is 16.8 Å². The van der Waals surface area contributed by atoms with Crippen LogP contribution in [0.3, 0.4) is 0 Å². The lowest BCUT2D eigenvalue weighted by Crippen LogP contribution is -2.42. The quantitative estimate of drug-likeness (QED) is 0.812. The van der Waals surface area contributed by atoms with Gasteiger partial charge in [-0.25, -0.2) is 9.97 Å². The lowest BCUT2D eigenvalue weighted by atomic mass is 9.95. The minimum absolute atomic E-state index is 0.112. The summed E-state index contributed by atoms with van der Waals surface area (Å²) in [5.41, 5.74) is 1.99. The summed E-state index contributed by atoms with van der Waals surface area (Å²) in [5.74, 6) is 2.61. The van der Waals surface area contributed by atoms with Gasteiger partial charge in [0.05, 0.1) is 19.4 Å². The van der Waals surface area contributed by atoms with Crippen LogP contribution in [0.25, 0.3) is 0 Å². The molecule has 2 heterocycles. The molecule has 2 aromatic rings. The number of hydrogen-bond donors (Lipinski definition) is 1. The Morgan fingerprint density at radius 3 is 2.71 bits per heavy atom. The molecule has 1 aliphatic heterocycles. The second kappa shape index (κ2) is 8.78. The monoisotopic (exact) mass is 384 g/mol. The van der Waals surface area contributed by atoms with E-state index in [1.165, 1.54) is 5.69 Å². The first kappa shape index (κ1) is 20.4. The van der Waals surface area contributed by atoms with Crippen LogP contribution >= 0.6 is 0 Å². The summed E-state index contributed by atoms with van der Waals surface area (Å²) >= 11 is 0. The number of piperidine rings is 1. The fourth-order valence-electron chi connectivity index (χ4n) is 3.47. The van der Waals surface area contributed by atoms with E-state index in [1.807, 2.05) is 18.2 Å². The highest BCUT2D eigenvalue weighted by atomic mass is 16.5. The zero-order valence-corrected chi connectivity index (χ0v) is 17.7. The number of methoxy groups -OCH3 is 2. The minimum Gasteiger partial charge on any atom is -0.497 e. The van der Waals surface area contributed by atoms with Gasteiger partial charge in [-0.2, -0.15) is 0 Å². The van der Waals surface area contributed by atoms with Gasteiger partial charge in [0.15, 0.2) is 0 Å². The third-order valence-electron chi connectivity index (χ3n) is 4.93. The topological polar surface area (TPSA) is 59.5 Å². The van der Waals surface area contributed by atoms with E-state index in [9.17, 15) is 0 Å². The summed E-state index contributed by atoms with van der Waals surface area (Å²) in [5, 5.41) is 3.64. The van der Waals surface area contributed by atoms with Crippen molar-refractivity contribution in [1.82, 2.24) is 9.97 Å². The van der Waals surface area contributed by atoms with Gasteiger partial charge < -0.3 is 19.7 Å². The van der Waals surface area contributed by atoms with E-state index < -0.39 is 0 Å². The molecule has 6 nitrogen and oxygen atoms in total. The average Bonchev–Trinajstić information content (AvgIpc) is 2.68. The van der Waals surface area contributed by atoms with E-state index >= 15 is 0 Å². The SMILES string of the molecule is COCc1cc(NC2CCCN(c3cccc(OC)c3)C2)nc(C(C)(C)C)n1. The molecule has 3 rings (SSSR count). The highest BCUT2D eigenvalue weighted by Gasteiger charge is 2.23. The number of aromatic nitrogens is 2. The summed E-state index contributed by atoms with van der Waals surface area (Å²) in [7, 11) is 3.40. The van der Waals surface area contributed by atoms with Crippen LogP contribution in [0.15, 0.2) is 30.3 Å². The normalized spacial score (nSPS) is 17.5. The molecular formula is C22H32N4O2. The van der Waals surface area contributed by atoms with Gasteiger partial charge in [-0.05, 0) is 25.0 Å². The Labute approximate surface area is 168 Å². The van der Waals surface area contributed by atoms with Gasteiger partial charge >= 0.3 is 0 Å². The van der Waals surface area contributed by atoms with Gasteiger partial charge in [-0.15, -0.1) is 0 Å². The van der Waals surface area contributed by atoms with E-state index in [0.717, 1.165) is 49.0 Å². The number of nitrogens with one attached hydrogen (secondary N) is 1. The first-order valence-corrected chi connectivity index (χ1v) is 9.92. The first-order valence-electron chi connectivity index (χ1n) is 9.92. The maximum Gasteiger partial charge on any atom is 0.136 e. The van der Waals surface area contributed by atoms with Crippen molar-refractivity contribution in [2.45, 2.75) is 51.7 Å². The maximum absolute atomic E-state index is 5.38. The number of anilines is 2. The molecule has 0 spiro atoms. The van der Waals surface area contributed by atoms with Crippen LogP contribution in [-0.4, -0.2) is 43.3 Å². The standard InChI is InChI=1S/C22H32N4O2/c1-22(2,3)21-24-17(15-27-4)12-20(25-21)23-16-8-7-11-26(14-16)18-9-6-10-19(13-18)28-5/h6,9-10,12-13,16H,7-8,11,14-15H2,1-5H3,(H,23,24,25). The van der Waals surface area contributed by atoms with E-state index in [4.69, 9.17) is 14.5 Å². The minimum atomic E-state index is -0.112. The molecule has 0 saturated carbocycles. The summed E-state index contributed by atoms with van der Waals surface area (Å²) < 4.78 is 10.7. The van der Waals surface area contributed by atoms with E-state index in [1.54, 1.807) is 14.2 Å². The van der Waals surface area contributed by atoms with Crippen molar-refractivity contribution in [3.8, 4) is 5.75 Å². The predicted octanol–water partition coefficient (Wildman–Crippen LogP) is 4.01. The molecule has 1 N–H and O–H groups in total. The molecular weight excluding hydrogens is 352 g/mol. The molecule has 6 heteroatoms. The molecule has 1 saturated heterocycles. The van der Waals surface area contributed by atoms with Gasteiger partial charge in [-0.1, -0.05) is 26.8 Å². The Kier molecular flexibility index (Phi) is 6.39. The lowest BCUT2D eigenvalue weighted by molar-refractivity contribution is 0.181. The van der Waals surface area contributed by atoms with E-state index in [0.29, 0.717) is 12.6 Å². The molecule has 1 fully saturated rings. The number of benzene rings is 1. The summed E-state index contributed by atoms with van der Waals surface area (Å²) in [6, 6.07) is 10.6. The van der Waals surface area contributed by atoms with Crippen LogP contribution in [0.2, 0.25) is 0 Å². The Hall–Kier alpha value is -2.34. The molecule has 0 amide bonds. The fraction of sp³-hybridized carbons (Fsp3) is 0.545. The van der Waals surface area contributed by atoms with Gasteiger partial charge in [0, 0.05) is 49.5 Å². The van der Waals surface area contributed by atoms with Crippen molar-refractivity contribution in [2.24, 2.45) is 0 Å². The van der Waals surface area contributed by atoms with Crippen molar-refractivity contribution < 1.29 is 9.47 Å². The molecule has 1 unspecified atom stereocenters. The van der Waals surface area contributed by atoms with Crippen molar-refractivity contribution in [3.05, 3.63) is 41.9 Å². The van der Waals surface area contributed by atoms with E-state index in [-0.39, 0.29) is 5.41 Å². The van der Waals surface area contributed by atoms with Crippen LogP contribution < -0.4 is 15.0 Å². The molecule has 1 aromatic carbocycles. The second-order valence-corrected chi connectivity index (χ2v) is 8.38. The maximum atomic E-state index is 5.38. The average molecular weight is 385 g/mol. The van der Waals surface area contributed by atoms with Crippen LogP contribution in [0.4, 0.5) is 11.5 Å². The highest BCUT2D eigenvalue weighted by molar-refractivity contribution is 5.52. The number of rotatable bonds is 6. The third kappa shape index (κ3) is 5.13. The first-order chi connectivity index (χ1) is 13.4. The third-order valence-corrected chi connectivity index (χ3v) is 4.93. The predicted molar refractivity (Wildman–Crippen MR) is 113 cm³/mol. The molecule has 1 aliphatic rings. The summed E-state index contributed by atoms with van der Waals surface area (Å²) in [4.78, 5) is 11.9. The molecule has 0 aliphatic carbocycles. The molecule has 0 bridgehead atoms. The zero-order valence-electron chi connectivity index (χ0n) is 17.7. The lowest BCUT2D eigenvalue weighted by Gasteiger charge is -2.35. The van der Waals surface area contributed by atoms with Gasteiger partial charge in [0.1, 0.15) is 17.4 Å². The summed E-state index contributed by atoms with van der Waals surface area (Å²) in [6.45, 7) is 8.87. The number of nitrogens with zero attached hydrogens (tertiary/aromatic N) is 3. The van der Waals surface area contributed by atoms with Crippen molar-refractivity contribution in [2.75, 3.05) is 37.5 Å². The largest absolute Gasteiger partial charge is 0.497 e. The molecule has 152 valence electrons. The highest BCUT2D eigenvalue weighted by Crippen LogP contribution is 2.26. The van der Waals surface area contributed by atoms with Crippen LogP contribution in [0, 0.1) is 0 Å². The Morgan fingerprint density at radius 2 is 2.00 bits per heavy atom. The Balaban J connectivity index is 1.76. The van der Waals surface area contributed by atoms with Crippen molar-refractivity contribution in [1.29, 1.82) is 0 Å². The van der Waals surface area contributed by atoms with Crippen LogP contribution in [0.1, 0.15) is 45.1 Å². The van der Waals surface area contributed by atoms with Crippen LogP contribution in [0.5, 0.6) is 5.75 Å². The fourth-order valence-corrected chi connectivity index (χ4v) is 3.47. The molecule has 1 atom stereocenters. The number of ether oxygens (including phenoxy) is 2. The van der Waals surface area contributed by atoms with Crippen molar-refractivity contribution in [3.63, 3.8) is 0 Å². The van der Waals surface area contributed by atoms with Crippen molar-refractivity contribution >= 4 is 11.5 Å². The van der Waals surface area contributed by atoms with Gasteiger partial charge in [0.25, 0.3) is 0 Å². The van der Waals surface area contributed by atoms with E-state index in [2.05, 4.69) is 48.1 Å². The van der Waals surface area contributed by atoms with Gasteiger partial charge in [0.2, 0.25) is 0 Å². The van der Waals surface area contributed by atoms with Gasteiger partial charge in [-0.3, -0.25) is 0 Å². The smallest absolute Gasteiger partial charge is 0.136 e. The molecule has 0 radical (unpaired) electrons.